The molecule has 2 N–H and O–H groups in total. The Morgan fingerprint density at radius 3 is 2.55 bits per heavy atom. The minimum absolute atomic E-state index is 0.663. The number of aliphatic imine (C=N–C) groups is 1. The molecule has 124 valence electrons. The van der Waals surface area contributed by atoms with Crippen molar-refractivity contribution >= 4 is 17.3 Å². The molecule has 0 spiro atoms. The van der Waals surface area contributed by atoms with Crippen molar-refractivity contribution in [2.45, 2.75) is 59.9 Å². The third kappa shape index (κ3) is 5.27. The lowest BCUT2D eigenvalue weighted by molar-refractivity contribution is 0.289. The minimum atomic E-state index is 0.663. The first-order valence-electron chi connectivity index (χ1n) is 8.53. The maximum atomic E-state index is 4.68. The summed E-state index contributed by atoms with van der Waals surface area (Å²) in [5.41, 5.74) is 1.13. The molecule has 4 nitrogen and oxygen atoms in total. The van der Waals surface area contributed by atoms with Crippen LogP contribution in [0.25, 0.3) is 0 Å². The first-order valence-corrected chi connectivity index (χ1v) is 9.35. The second-order valence-electron chi connectivity index (χ2n) is 6.45. The fourth-order valence-electron chi connectivity index (χ4n) is 2.87. The van der Waals surface area contributed by atoms with E-state index in [0.29, 0.717) is 6.54 Å². The molecule has 0 aliphatic heterocycles. The molecule has 0 atom stereocenters. The maximum absolute atomic E-state index is 4.68. The smallest absolute Gasteiger partial charge is 0.191 e. The van der Waals surface area contributed by atoms with Crippen LogP contribution in [0.5, 0.6) is 0 Å². The second kappa shape index (κ2) is 8.51. The van der Waals surface area contributed by atoms with Crippen LogP contribution in [0.1, 0.15) is 55.1 Å². The quantitative estimate of drug-likeness (QED) is 0.643. The first kappa shape index (κ1) is 17.3. The van der Waals surface area contributed by atoms with Gasteiger partial charge < -0.3 is 10.6 Å². The SMILES string of the molecule is CCNC(=NCc1nc(C)c(C)s1)NCC1CCC(C)CC1. The lowest BCUT2D eigenvalue weighted by atomic mass is 9.83. The van der Waals surface area contributed by atoms with Crippen LogP contribution in [0.3, 0.4) is 0 Å². The van der Waals surface area contributed by atoms with Crippen LogP contribution in [0.15, 0.2) is 4.99 Å². The molecular weight excluding hydrogens is 292 g/mol. The van der Waals surface area contributed by atoms with Gasteiger partial charge in [0.2, 0.25) is 0 Å². The van der Waals surface area contributed by atoms with E-state index in [1.807, 2.05) is 0 Å². The molecule has 0 saturated heterocycles. The van der Waals surface area contributed by atoms with Gasteiger partial charge >= 0.3 is 0 Å². The molecule has 1 aromatic rings. The van der Waals surface area contributed by atoms with Crippen molar-refractivity contribution in [2.24, 2.45) is 16.8 Å². The molecule has 5 heteroatoms. The lowest BCUT2D eigenvalue weighted by Gasteiger charge is -2.26. The van der Waals surface area contributed by atoms with Crippen LogP contribution in [0.2, 0.25) is 0 Å². The zero-order valence-electron chi connectivity index (χ0n) is 14.4. The summed E-state index contributed by atoms with van der Waals surface area (Å²) in [4.78, 5) is 10.5. The zero-order valence-corrected chi connectivity index (χ0v) is 15.2. The lowest BCUT2D eigenvalue weighted by Crippen LogP contribution is -2.40. The van der Waals surface area contributed by atoms with Crippen molar-refractivity contribution in [2.75, 3.05) is 13.1 Å². The number of hydrogen-bond acceptors (Lipinski definition) is 3. The van der Waals surface area contributed by atoms with E-state index in [1.165, 1.54) is 30.6 Å². The van der Waals surface area contributed by atoms with Gasteiger partial charge in [0.15, 0.2) is 5.96 Å². The highest BCUT2D eigenvalue weighted by atomic mass is 32.1. The van der Waals surface area contributed by atoms with Crippen LogP contribution < -0.4 is 10.6 Å². The van der Waals surface area contributed by atoms with Gasteiger partial charge in [-0.25, -0.2) is 9.98 Å². The monoisotopic (exact) mass is 322 g/mol. The van der Waals surface area contributed by atoms with E-state index in [-0.39, 0.29) is 0 Å². The normalized spacial score (nSPS) is 22.6. The molecule has 1 saturated carbocycles. The molecule has 0 aromatic carbocycles. The molecule has 1 fully saturated rings. The van der Waals surface area contributed by atoms with E-state index in [4.69, 9.17) is 0 Å². The summed E-state index contributed by atoms with van der Waals surface area (Å²) < 4.78 is 0. The molecule has 1 aliphatic rings. The van der Waals surface area contributed by atoms with Gasteiger partial charge in [-0.1, -0.05) is 19.8 Å². The van der Waals surface area contributed by atoms with Crippen LogP contribution in [-0.4, -0.2) is 24.0 Å². The van der Waals surface area contributed by atoms with Crippen molar-refractivity contribution in [1.29, 1.82) is 0 Å². The number of rotatable bonds is 5. The maximum Gasteiger partial charge on any atom is 0.191 e. The fourth-order valence-corrected chi connectivity index (χ4v) is 3.73. The van der Waals surface area contributed by atoms with Crippen molar-refractivity contribution in [3.8, 4) is 0 Å². The number of nitrogens with zero attached hydrogens (tertiary/aromatic N) is 2. The van der Waals surface area contributed by atoms with Gasteiger partial charge in [-0.15, -0.1) is 11.3 Å². The van der Waals surface area contributed by atoms with Crippen molar-refractivity contribution < 1.29 is 0 Å². The average Bonchev–Trinajstić information content (AvgIpc) is 2.82. The number of aromatic nitrogens is 1. The molecule has 22 heavy (non-hydrogen) atoms. The molecule has 1 heterocycles. The molecule has 2 rings (SSSR count). The summed E-state index contributed by atoms with van der Waals surface area (Å²) in [7, 11) is 0. The van der Waals surface area contributed by atoms with Crippen molar-refractivity contribution in [3.05, 3.63) is 15.6 Å². The Labute approximate surface area is 138 Å². The van der Waals surface area contributed by atoms with E-state index in [9.17, 15) is 0 Å². The Morgan fingerprint density at radius 2 is 1.95 bits per heavy atom. The van der Waals surface area contributed by atoms with E-state index in [1.54, 1.807) is 11.3 Å². The Hall–Kier alpha value is -1.10. The third-order valence-electron chi connectivity index (χ3n) is 4.48. The Kier molecular flexibility index (Phi) is 6.68. The van der Waals surface area contributed by atoms with E-state index in [2.05, 4.69) is 48.3 Å². The molecule has 1 aromatic heterocycles. The number of aryl methyl sites for hydroxylation is 2. The predicted molar refractivity (Wildman–Crippen MR) is 95.5 cm³/mol. The molecule has 1 aliphatic carbocycles. The standard InChI is InChI=1S/C17H30N4S/c1-5-18-17(19-10-15-8-6-12(2)7-9-15)20-11-16-21-13(3)14(4)22-16/h12,15H,5-11H2,1-4H3,(H2,18,19,20). The summed E-state index contributed by atoms with van der Waals surface area (Å²) in [5.74, 6) is 2.63. The van der Waals surface area contributed by atoms with Gasteiger partial charge in [0.25, 0.3) is 0 Å². The Balaban J connectivity index is 1.84. The van der Waals surface area contributed by atoms with Gasteiger partial charge in [-0.3, -0.25) is 0 Å². The van der Waals surface area contributed by atoms with Gasteiger partial charge in [-0.2, -0.15) is 0 Å². The third-order valence-corrected chi connectivity index (χ3v) is 5.54. The van der Waals surface area contributed by atoms with E-state index in [0.717, 1.165) is 41.6 Å². The highest BCUT2D eigenvalue weighted by Crippen LogP contribution is 2.27. The molecule has 0 bridgehead atoms. The first-order chi connectivity index (χ1) is 10.6. The number of nitrogens with one attached hydrogen (secondary N) is 2. The van der Waals surface area contributed by atoms with E-state index >= 15 is 0 Å². The fraction of sp³-hybridized carbons (Fsp3) is 0.765. The summed E-state index contributed by atoms with van der Waals surface area (Å²) in [6.45, 7) is 11.2. The molecular formula is C17H30N4S. The van der Waals surface area contributed by atoms with Gasteiger partial charge in [-0.05, 0) is 45.4 Å². The molecule has 0 radical (unpaired) electrons. The summed E-state index contributed by atoms with van der Waals surface area (Å²) in [6.07, 6.45) is 5.44. The van der Waals surface area contributed by atoms with Crippen molar-refractivity contribution in [1.82, 2.24) is 15.6 Å². The highest BCUT2D eigenvalue weighted by molar-refractivity contribution is 7.11. The van der Waals surface area contributed by atoms with Gasteiger partial charge in [0, 0.05) is 18.0 Å². The van der Waals surface area contributed by atoms with Gasteiger partial charge in [0.05, 0.1) is 12.2 Å². The zero-order chi connectivity index (χ0) is 15.9. The number of hydrogen-bond donors (Lipinski definition) is 2. The second-order valence-corrected chi connectivity index (χ2v) is 7.74. The summed E-state index contributed by atoms with van der Waals surface area (Å²) >= 11 is 1.75. The summed E-state index contributed by atoms with van der Waals surface area (Å²) in [6, 6.07) is 0. The van der Waals surface area contributed by atoms with Gasteiger partial charge in [0.1, 0.15) is 5.01 Å². The van der Waals surface area contributed by atoms with Crippen LogP contribution >= 0.6 is 11.3 Å². The predicted octanol–water partition coefficient (Wildman–Crippen LogP) is 3.64. The molecule has 0 unspecified atom stereocenters. The molecule has 0 amide bonds. The summed E-state index contributed by atoms with van der Waals surface area (Å²) in [5, 5.41) is 7.95. The topological polar surface area (TPSA) is 49.3 Å². The number of guanidine groups is 1. The van der Waals surface area contributed by atoms with Crippen LogP contribution in [-0.2, 0) is 6.54 Å². The average molecular weight is 323 g/mol. The minimum Gasteiger partial charge on any atom is -0.357 e. The van der Waals surface area contributed by atoms with Crippen LogP contribution in [0, 0.1) is 25.7 Å². The van der Waals surface area contributed by atoms with Crippen LogP contribution in [0.4, 0.5) is 0 Å². The Morgan fingerprint density at radius 1 is 1.23 bits per heavy atom. The Bertz CT molecular complexity index is 467. The van der Waals surface area contributed by atoms with E-state index < -0.39 is 0 Å². The number of thiazole rings is 1. The largest absolute Gasteiger partial charge is 0.357 e. The van der Waals surface area contributed by atoms with Crippen molar-refractivity contribution in [3.63, 3.8) is 0 Å². The highest BCUT2D eigenvalue weighted by Gasteiger charge is 2.18.